The van der Waals surface area contributed by atoms with E-state index in [4.69, 9.17) is 0 Å². The Hall–Kier alpha value is -1.20. The first-order valence-corrected chi connectivity index (χ1v) is 6.76. The van der Waals surface area contributed by atoms with Crippen molar-refractivity contribution in [3.05, 3.63) is 40.3 Å². The van der Waals surface area contributed by atoms with Gasteiger partial charge in [0.05, 0.1) is 10.7 Å². The van der Waals surface area contributed by atoms with Gasteiger partial charge in [-0.15, -0.1) is 0 Å². The third-order valence-corrected chi connectivity index (χ3v) is 3.08. The Labute approximate surface area is 116 Å². The van der Waals surface area contributed by atoms with Gasteiger partial charge in [0.1, 0.15) is 0 Å². The van der Waals surface area contributed by atoms with Crippen LogP contribution in [0.4, 0.5) is 0 Å². The van der Waals surface area contributed by atoms with Gasteiger partial charge in [-0.3, -0.25) is 0 Å². The van der Waals surface area contributed by atoms with Gasteiger partial charge < -0.3 is 5.32 Å². The van der Waals surface area contributed by atoms with E-state index >= 15 is 0 Å². The van der Waals surface area contributed by atoms with Crippen molar-refractivity contribution in [1.82, 2.24) is 20.1 Å². The van der Waals surface area contributed by atoms with Gasteiger partial charge in [-0.2, -0.15) is 5.10 Å². The molecule has 0 radical (unpaired) electrons. The van der Waals surface area contributed by atoms with Crippen LogP contribution in [0.1, 0.15) is 25.1 Å². The lowest BCUT2D eigenvalue weighted by Crippen LogP contribution is -2.22. The molecule has 4 nitrogen and oxygen atoms in total. The van der Waals surface area contributed by atoms with Crippen molar-refractivity contribution in [2.75, 3.05) is 0 Å². The second-order valence-corrected chi connectivity index (χ2v) is 5.47. The van der Waals surface area contributed by atoms with Gasteiger partial charge in [-0.25, -0.2) is 9.67 Å². The number of aryl methyl sites for hydroxylation is 1. The third kappa shape index (κ3) is 3.17. The second kappa shape index (κ2) is 5.63. The van der Waals surface area contributed by atoms with E-state index in [9.17, 15) is 0 Å². The van der Waals surface area contributed by atoms with Crippen molar-refractivity contribution in [3.63, 3.8) is 0 Å². The van der Waals surface area contributed by atoms with Crippen LogP contribution in [0.5, 0.6) is 0 Å². The van der Waals surface area contributed by atoms with Crippen LogP contribution in [0, 0.1) is 6.92 Å². The highest BCUT2D eigenvalue weighted by molar-refractivity contribution is 9.10. The molecule has 2 aromatic heterocycles. The van der Waals surface area contributed by atoms with E-state index in [1.54, 1.807) is 10.9 Å². The summed E-state index contributed by atoms with van der Waals surface area (Å²) >= 11 is 3.38. The van der Waals surface area contributed by atoms with Gasteiger partial charge in [-0.1, -0.05) is 19.9 Å². The lowest BCUT2D eigenvalue weighted by Gasteiger charge is -2.11. The molecule has 0 spiro atoms. The molecule has 0 aromatic carbocycles. The highest BCUT2D eigenvalue weighted by Crippen LogP contribution is 2.13. The van der Waals surface area contributed by atoms with Gasteiger partial charge in [0.25, 0.3) is 0 Å². The number of nitrogens with one attached hydrogen (secondary N) is 1. The number of nitrogens with zero attached hydrogens (tertiary/aromatic N) is 3. The molecule has 0 bridgehead atoms. The maximum absolute atomic E-state index is 4.57. The first kappa shape index (κ1) is 13.2. The average molecular weight is 309 g/mol. The Bertz CT molecular complexity index is 534. The van der Waals surface area contributed by atoms with Crippen molar-refractivity contribution < 1.29 is 0 Å². The number of hydrogen-bond donors (Lipinski definition) is 1. The van der Waals surface area contributed by atoms with E-state index in [1.165, 1.54) is 5.56 Å². The van der Waals surface area contributed by atoms with Crippen molar-refractivity contribution in [2.45, 2.75) is 33.4 Å². The number of hydrogen-bond acceptors (Lipinski definition) is 3. The molecule has 0 unspecified atom stereocenters. The number of aromatic nitrogens is 3. The van der Waals surface area contributed by atoms with Gasteiger partial charge in [0.15, 0.2) is 5.82 Å². The van der Waals surface area contributed by atoms with Gasteiger partial charge in [0, 0.05) is 24.5 Å². The van der Waals surface area contributed by atoms with Crippen molar-refractivity contribution in [1.29, 1.82) is 0 Å². The van der Waals surface area contributed by atoms with E-state index in [0.29, 0.717) is 6.04 Å². The van der Waals surface area contributed by atoms with E-state index in [-0.39, 0.29) is 0 Å². The molecule has 0 saturated heterocycles. The van der Waals surface area contributed by atoms with Crippen LogP contribution in [-0.2, 0) is 6.54 Å². The normalized spacial score (nSPS) is 11.2. The predicted octanol–water partition coefficient (Wildman–Crippen LogP) is 2.84. The van der Waals surface area contributed by atoms with Crippen LogP contribution >= 0.6 is 15.9 Å². The fourth-order valence-electron chi connectivity index (χ4n) is 1.63. The summed E-state index contributed by atoms with van der Waals surface area (Å²) in [5, 5.41) is 7.62. The minimum absolute atomic E-state index is 0.478. The van der Waals surface area contributed by atoms with Crippen molar-refractivity contribution in [3.8, 4) is 5.82 Å². The fraction of sp³-hybridized carbons (Fsp3) is 0.385. The van der Waals surface area contributed by atoms with E-state index in [0.717, 1.165) is 22.5 Å². The van der Waals surface area contributed by atoms with Crippen molar-refractivity contribution in [2.24, 2.45) is 0 Å². The van der Waals surface area contributed by atoms with Crippen molar-refractivity contribution >= 4 is 15.9 Å². The Morgan fingerprint density at radius 2 is 2.17 bits per heavy atom. The van der Waals surface area contributed by atoms with E-state index < -0.39 is 0 Å². The van der Waals surface area contributed by atoms with E-state index in [1.807, 2.05) is 19.2 Å². The van der Waals surface area contributed by atoms with E-state index in [2.05, 4.69) is 51.2 Å². The Morgan fingerprint density at radius 1 is 1.39 bits per heavy atom. The fourth-order valence-corrected chi connectivity index (χ4v) is 1.92. The van der Waals surface area contributed by atoms with Crippen LogP contribution in [0.2, 0.25) is 0 Å². The SMILES string of the molecule is Cc1nc(-n2cc(Br)cn2)ccc1CNC(C)C. The maximum Gasteiger partial charge on any atom is 0.153 e. The number of rotatable bonds is 4. The molecule has 18 heavy (non-hydrogen) atoms. The summed E-state index contributed by atoms with van der Waals surface area (Å²) in [6.07, 6.45) is 3.65. The van der Waals surface area contributed by atoms with Gasteiger partial charge in [-0.05, 0) is 34.5 Å². The van der Waals surface area contributed by atoms with Crippen LogP contribution in [-0.4, -0.2) is 20.8 Å². The maximum atomic E-state index is 4.57. The molecular formula is C13H17BrN4. The summed E-state index contributed by atoms with van der Waals surface area (Å²) in [7, 11) is 0. The van der Waals surface area contributed by atoms with Crippen LogP contribution < -0.4 is 5.32 Å². The number of pyridine rings is 1. The quantitative estimate of drug-likeness (QED) is 0.944. The van der Waals surface area contributed by atoms with Gasteiger partial charge >= 0.3 is 0 Å². The number of halogens is 1. The molecular weight excluding hydrogens is 292 g/mol. The zero-order valence-electron chi connectivity index (χ0n) is 10.8. The summed E-state index contributed by atoms with van der Waals surface area (Å²) in [6, 6.07) is 4.57. The summed E-state index contributed by atoms with van der Waals surface area (Å²) in [4.78, 5) is 4.57. The molecule has 2 heterocycles. The zero-order valence-corrected chi connectivity index (χ0v) is 12.4. The standard InChI is InChI=1S/C13H17BrN4/c1-9(2)15-6-11-4-5-13(17-10(11)3)18-8-12(14)7-16-18/h4-5,7-9,15H,6H2,1-3H3. The Morgan fingerprint density at radius 3 is 2.72 bits per heavy atom. The first-order valence-electron chi connectivity index (χ1n) is 5.96. The largest absolute Gasteiger partial charge is 0.310 e. The summed E-state index contributed by atoms with van der Waals surface area (Å²) in [5.74, 6) is 0.839. The summed E-state index contributed by atoms with van der Waals surface area (Å²) in [6.45, 7) is 7.15. The molecule has 0 fully saturated rings. The monoisotopic (exact) mass is 308 g/mol. The van der Waals surface area contributed by atoms with Crippen LogP contribution in [0.25, 0.3) is 5.82 Å². The molecule has 0 aliphatic rings. The second-order valence-electron chi connectivity index (χ2n) is 4.55. The first-order chi connectivity index (χ1) is 8.56. The topological polar surface area (TPSA) is 42.7 Å². The molecule has 5 heteroatoms. The smallest absolute Gasteiger partial charge is 0.153 e. The molecule has 0 atom stereocenters. The Balaban J connectivity index is 2.19. The zero-order chi connectivity index (χ0) is 13.1. The molecule has 96 valence electrons. The molecule has 1 N–H and O–H groups in total. The lowest BCUT2D eigenvalue weighted by atomic mass is 10.2. The average Bonchev–Trinajstić information content (AvgIpc) is 2.74. The molecule has 2 aromatic rings. The highest BCUT2D eigenvalue weighted by Gasteiger charge is 2.05. The Kier molecular flexibility index (Phi) is 4.14. The molecule has 0 amide bonds. The molecule has 0 aliphatic carbocycles. The minimum Gasteiger partial charge on any atom is -0.310 e. The predicted molar refractivity (Wildman–Crippen MR) is 75.8 cm³/mol. The molecule has 0 aliphatic heterocycles. The highest BCUT2D eigenvalue weighted by atomic mass is 79.9. The minimum atomic E-state index is 0.478. The summed E-state index contributed by atoms with van der Waals surface area (Å²) in [5.41, 5.74) is 2.26. The van der Waals surface area contributed by atoms with Crippen LogP contribution in [0.3, 0.4) is 0 Å². The van der Waals surface area contributed by atoms with Crippen LogP contribution in [0.15, 0.2) is 29.0 Å². The third-order valence-electron chi connectivity index (χ3n) is 2.67. The molecule has 2 rings (SSSR count). The lowest BCUT2D eigenvalue weighted by molar-refractivity contribution is 0.586. The summed E-state index contributed by atoms with van der Waals surface area (Å²) < 4.78 is 2.71. The molecule has 0 saturated carbocycles. The van der Waals surface area contributed by atoms with Gasteiger partial charge in [0.2, 0.25) is 0 Å².